The van der Waals surface area contributed by atoms with Crippen LogP contribution in [0.1, 0.15) is 11.1 Å². The number of anilines is 1. The Balaban J connectivity index is 1.60. The average molecular weight is 308 g/mol. The molecule has 2 aromatic rings. The highest BCUT2D eigenvalue weighted by Gasteiger charge is 2.31. The topological polar surface area (TPSA) is 41.6 Å². The quantitative estimate of drug-likeness (QED) is 0.879. The Morgan fingerprint density at radius 2 is 1.87 bits per heavy atom. The van der Waals surface area contributed by atoms with E-state index in [0.717, 1.165) is 36.5 Å². The van der Waals surface area contributed by atoms with E-state index in [1.165, 1.54) is 5.56 Å². The number of nitrogens with zero attached hydrogens (tertiary/aromatic N) is 1. The van der Waals surface area contributed by atoms with E-state index < -0.39 is 0 Å². The van der Waals surface area contributed by atoms with Gasteiger partial charge in [-0.15, -0.1) is 0 Å². The van der Waals surface area contributed by atoms with Gasteiger partial charge in [-0.1, -0.05) is 36.4 Å². The number of carbonyl (C=O) groups is 1. The van der Waals surface area contributed by atoms with Gasteiger partial charge in [-0.25, -0.2) is 0 Å². The van der Waals surface area contributed by atoms with Gasteiger partial charge in [0, 0.05) is 25.3 Å². The molecule has 2 aliphatic heterocycles. The summed E-state index contributed by atoms with van der Waals surface area (Å²) in [5, 5.41) is 3.38. The molecule has 118 valence electrons. The van der Waals surface area contributed by atoms with Crippen molar-refractivity contribution >= 4 is 11.6 Å². The lowest BCUT2D eigenvalue weighted by atomic mass is 9.95. The number of nitrogens with one attached hydrogen (secondary N) is 1. The number of hydrogen-bond acceptors (Lipinski definition) is 3. The maximum atomic E-state index is 13.1. The van der Waals surface area contributed by atoms with Crippen molar-refractivity contribution in [3.8, 4) is 5.75 Å². The molecule has 4 heteroatoms. The number of carbonyl (C=O) groups excluding carboxylic acids is 1. The molecule has 0 saturated heterocycles. The van der Waals surface area contributed by atoms with Gasteiger partial charge in [0.25, 0.3) is 0 Å². The Hall–Kier alpha value is -2.33. The van der Waals surface area contributed by atoms with E-state index in [0.29, 0.717) is 13.2 Å². The second-order valence-corrected chi connectivity index (χ2v) is 6.12. The summed E-state index contributed by atoms with van der Waals surface area (Å²) in [6.07, 6.45) is 0.751. The summed E-state index contributed by atoms with van der Waals surface area (Å²) in [6.45, 7) is 2.78. The van der Waals surface area contributed by atoms with Gasteiger partial charge in [-0.2, -0.15) is 0 Å². The van der Waals surface area contributed by atoms with Crippen LogP contribution in [0.4, 0.5) is 5.69 Å². The molecular weight excluding hydrogens is 288 g/mol. The van der Waals surface area contributed by atoms with Crippen molar-refractivity contribution in [2.75, 3.05) is 24.6 Å². The fourth-order valence-electron chi connectivity index (χ4n) is 3.39. The molecule has 0 aliphatic carbocycles. The first-order valence-corrected chi connectivity index (χ1v) is 8.13. The molecule has 1 unspecified atom stereocenters. The molecule has 1 amide bonds. The number of rotatable bonds is 1. The summed E-state index contributed by atoms with van der Waals surface area (Å²) >= 11 is 0. The number of benzene rings is 2. The first kappa shape index (κ1) is 14.3. The molecule has 0 aromatic heterocycles. The van der Waals surface area contributed by atoms with Crippen molar-refractivity contribution < 1.29 is 9.53 Å². The Morgan fingerprint density at radius 3 is 2.78 bits per heavy atom. The van der Waals surface area contributed by atoms with Crippen molar-refractivity contribution in [3.05, 3.63) is 59.7 Å². The lowest BCUT2D eigenvalue weighted by molar-refractivity contribution is -0.123. The number of amides is 1. The average Bonchev–Trinajstić information content (AvgIpc) is 2.83. The second kappa shape index (κ2) is 6.05. The van der Waals surface area contributed by atoms with Crippen molar-refractivity contribution in [1.29, 1.82) is 0 Å². The van der Waals surface area contributed by atoms with Gasteiger partial charge in [0.1, 0.15) is 12.4 Å². The van der Waals surface area contributed by atoms with Crippen LogP contribution in [-0.2, 0) is 17.8 Å². The third kappa shape index (κ3) is 2.70. The van der Waals surface area contributed by atoms with Gasteiger partial charge < -0.3 is 15.0 Å². The number of ether oxygens (including phenoxy) is 1. The Bertz CT molecular complexity index is 729. The largest absolute Gasteiger partial charge is 0.492 e. The number of fused-ring (bicyclic) bond motifs is 2. The van der Waals surface area contributed by atoms with Gasteiger partial charge in [-0.05, 0) is 29.7 Å². The van der Waals surface area contributed by atoms with Gasteiger partial charge in [0.15, 0.2) is 0 Å². The molecule has 0 radical (unpaired) electrons. The summed E-state index contributed by atoms with van der Waals surface area (Å²) in [4.78, 5) is 15.0. The second-order valence-electron chi connectivity index (χ2n) is 6.12. The van der Waals surface area contributed by atoms with E-state index in [4.69, 9.17) is 4.74 Å². The Labute approximate surface area is 136 Å². The Kier molecular flexibility index (Phi) is 3.75. The van der Waals surface area contributed by atoms with Gasteiger partial charge >= 0.3 is 0 Å². The molecule has 0 saturated carbocycles. The molecule has 4 rings (SSSR count). The van der Waals surface area contributed by atoms with Crippen LogP contribution in [0.3, 0.4) is 0 Å². The van der Waals surface area contributed by atoms with Crippen LogP contribution in [0.15, 0.2) is 48.5 Å². The van der Waals surface area contributed by atoms with Crippen LogP contribution in [-0.4, -0.2) is 25.6 Å². The summed E-state index contributed by atoms with van der Waals surface area (Å²) < 4.78 is 5.80. The molecule has 4 nitrogen and oxygen atoms in total. The molecule has 1 atom stereocenters. The zero-order valence-electron chi connectivity index (χ0n) is 13.0. The number of hydrogen-bond donors (Lipinski definition) is 1. The minimum Gasteiger partial charge on any atom is -0.492 e. The fourth-order valence-corrected chi connectivity index (χ4v) is 3.39. The molecule has 0 fully saturated rings. The van der Waals surface area contributed by atoms with Crippen LogP contribution in [0, 0.1) is 5.92 Å². The molecule has 2 aliphatic rings. The van der Waals surface area contributed by atoms with E-state index >= 15 is 0 Å². The molecule has 1 N–H and O–H groups in total. The van der Waals surface area contributed by atoms with Crippen LogP contribution in [0.25, 0.3) is 0 Å². The molecule has 2 aromatic carbocycles. The first-order valence-electron chi connectivity index (χ1n) is 8.13. The maximum absolute atomic E-state index is 13.1. The van der Waals surface area contributed by atoms with Crippen LogP contribution < -0.4 is 15.0 Å². The van der Waals surface area contributed by atoms with Crippen molar-refractivity contribution in [2.24, 2.45) is 5.92 Å². The molecule has 2 heterocycles. The van der Waals surface area contributed by atoms with E-state index in [9.17, 15) is 4.79 Å². The van der Waals surface area contributed by atoms with Crippen molar-refractivity contribution in [3.63, 3.8) is 0 Å². The highest BCUT2D eigenvalue weighted by molar-refractivity contribution is 5.96. The normalized spacial score (nSPS) is 20.0. The zero-order chi connectivity index (χ0) is 15.6. The Morgan fingerprint density at radius 1 is 1.09 bits per heavy atom. The van der Waals surface area contributed by atoms with Crippen molar-refractivity contribution in [2.45, 2.75) is 13.0 Å². The highest BCUT2D eigenvalue weighted by atomic mass is 16.5. The third-order valence-corrected chi connectivity index (χ3v) is 4.60. The predicted octanol–water partition coefficient (Wildman–Crippen LogP) is 2.37. The SMILES string of the molecule is O=C(C1COc2ccccc2C1)N1CCNCc2ccccc21. The van der Waals surface area contributed by atoms with Crippen molar-refractivity contribution in [1.82, 2.24) is 5.32 Å². The monoisotopic (exact) mass is 308 g/mol. The van der Waals surface area contributed by atoms with Crippen LogP contribution in [0.2, 0.25) is 0 Å². The summed E-state index contributed by atoms with van der Waals surface area (Å²) in [6, 6.07) is 16.1. The predicted molar refractivity (Wildman–Crippen MR) is 89.6 cm³/mol. The third-order valence-electron chi connectivity index (χ3n) is 4.60. The molecular formula is C19H20N2O2. The zero-order valence-corrected chi connectivity index (χ0v) is 13.0. The molecule has 0 spiro atoms. The standard InChI is InChI=1S/C19H20N2O2/c22-19(16-11-14-5-2-4-8-18(14)23-13-16)21-10-9-20-12-15-6-1-3-7-17(15)21/h1-8,16,20H,9-13H2. The van der Waals surface area contributed by atoms with Gasteiger partial charge in [0.2, 0.25) is 5.91 Å². The van der Waals surface area contributed by atoms with E-state index in [-0.39, 0.29) is 11.8 Å². The summed E-state index contributed by atoms with van der Waals surface area (Å²) in [7, 11) is 0. The fraction of sp³-hybridized carbons (Fsp3) is 0.316. The van der Waals surface area contributed by atoms with E-state index in [2.05, 4.69) is 11.4 Å². The van der Waals surface area contributed by atoms with E-state index in [1.807, 2.05) is 47.4 Å². The summed E-state index contributed by atoms with van der Waals surface area (Å²) in [5.41, 5.74) is 3.33. The van der Waals surface area contributed by atoms with Gasteiger partial charge in [-0.3, -0.25) is 4.79 Å². The lowest BCUT2D eigenvalue weighted by Crippen LogP contribution is -2.42. The van der Waals surface area contributed by atoms with E-state index in [1.54, 1.807) is 0 Å². The lowest BCUT2D eigenvalue weighted by Gasteiger charge is -2.30. The minimum absolute atomic E-state index is 0.115. The smallest absolute Gasteiger partial charge is 0.233 e. The molecule has 0 bridgehead atoms. The highest BCUT2D eigenvalue weighted by Crippen LogP contribution is 2.30. The minimum atomic E-state index is -0.115. The molecule has 23 heavy (non-hydrogen) atoms. The van der Waals surface area contributed by atoms with Crippen LogP contribution in [0.5, 0.6) is 5.75 Å². The summed E-state index contributed by atoms with van der Waals surface area (Å²) in [5.74, 6) is 0.959. The van der Waals surface area contributed by atoms with Crippen LogP contribution >= 0.6 is 0 Å². The number of para-hydroxylation sites is 2. The maximum Gasteiger partial charge on any atom is 0.233 e. The first-order chi connectivity index (χ1) is 11.3. The van der Waals surface area contributed by atoms with Gasteiger partial charge in [0.05, 0.1) is 5.92 Å².